The summed E-state index contributed by atoms with van der Waals surface area (Å²) >= 11 is 0. The van der Waals surface area contributed by atoms with E-state index in [2.05, 4.69) is 0 Å². The Morgan fingerprint density at radius 1 is 0.806 bits per heavy atom. The minimum Gasteiger partial charge on any atom is -0.385 e. The van der Waals surface area contributed by atoms with E-state index in [0.717, 1.165) is 24.3 Å². The molecule has 2 aromatic carbocycles. The first-order valence-electron chi connectivity index (χ1n) is 11.7. The fraction of sp³-hybridized carbons (Fsp3) is 0.480. The van der Waals surface area contributed by atoms with Crippen molar-refractivity contribution in [1.29, 1.82) is 0 Å². The summed E-state index contributed by atoms with van der Waals surface area (Å²) in [5.74, 6) is -0.145. The number of nitrogens with zero attached hydrogens (tertiary/aromatic N) is 3. The molecule has 5 nitrogen and oxygen atoms in total. The zero-order valence-corrected chi connectivity index (χ0v) is 19.4. The van der Waals surface area contributed by atoms with Crippen LogP contribution in [-0.2, 0) is 22.7 Å². The van der Waals surface area contributed by atoms with E-state index >= 15 is 0 Å². The van der Waals surface area contributed by atoms with Crippen LogP contribution in [0.25, 0.3) is 0 Å². The fourth-order valence-electron chi connectivity index (χ4n) is 4.73. The van der Waals surface area contributed by atoms with Crippen molar-refractivity contribution in [1.82, 2.24) is 9.80 Å². The molecule has 0 radical (unpaired) electrons. The van der Waals surface area contributed by atoms with Gasteiger partial charge in [-0.3, -0.25) is 9.69 Å². The Balaban J connectivity index is 1.28. The predicted octanol–water partition coefficient (Wildman–Crippen LogP) is 4.36. The number of carbonyl (C=O) groups is 1. The molecule has 0 spiro atoms. The van der Waals surface area contributed by atoms with Gasteiger partial charge in [0.15, 0.2) is 0 Å². The predicted molar refractivity (Wildman–Crippen MR) is 121 cm³/mol. The number of piperazine rings is 1. The SMILES string of the molecule is O=C(CN1CCN(c2cccc(C(F)(F)F)c2)CC1)N1CCC(O)(c2cccc(C(F)(F)F)c2)CC1. The summed E-state index contributed by atoms with van der Waals surface area (Å²) in [6.45, 7) is 2.53. The number of aliphatic hydroxyl groups is 1. The number of amides is 1. The Hall–Kier alpha value is -2.79. The summed E-state index contributed by atoms with van der Waals surface area (Å²) in [6, 6.07) is 9.83. The van der Waals surface area contributed by atoms with Crippen molar-refractivity contribution >= 4 is 11.6 Å². The molecule has 36 heavy (non-hydrogen) atoms. The number of rotatable bonds is 4. The zero-order valence-electron chi connectivity index (χ0n) is 19.4. The minimum absolute atomic E-state index is 0.128. The third-order valence-electron chi connectivity index (χ3n) is 6.94. The second-order valence-electron chi connectivity index (χ2n) is 9.30. The van der Waals surface area contributed by atoms with Crippen LogP contribution in [0.3, 0.4) is 0 Å². The van der Waals surface area contributed by atoms with Crippen LogP contribution < -0.4 is 4.90 Å². The number of anilines is 1. The van der Waals surface area contributed by atoms with E-state index in [-0.39, 0.29) is 43.9 Å². The molecule has 2 fully saturated rings. The maximum absolute atomic E-state index is 13.0. The third kappa shape index (κ3) is 5.95. The van der Waals surface area contributed by atoms with Crippen LogP contribution in [0.2, 0.25) is 0 Å². The van der Waals surface area contributed by atoms with Crippen LogP contribution in [-0.4, -0.2) is 66.6 Å². The molecule has 1 N–H and O–H groups in total. The van der Waals surface area contributed by atoms with E-state index in [9.17, 15) is 36.2 Å². The average Bonchev–Trinajstić information content (AvgIpc) is 2.84. The van der Waals surface area contributed by atoms with Gasteiger partial charge in [-0.05, 0) is 48.7 Å². The molecule has 2 saturated heterocycles. The number of piperidine rings is 1. The molecule has 0 bridgehead atoms. The minimum atomic E-state index is -4.51. The molecule has 4 rings (SSSR count). The molecule has 0 saturated carbocycles. The number of likely N-dealkylation sites (tertiary alicyclic amines) is 1. The van der Waals surface area contributed by atoms with Crippen molar-refractivity contribution in [3.8, 4) is 0 Å². The van der Waals surface area contributed by atoms with Crippen LogP contribution in [0, 0.1) is 0 Å². The van der Waals surface area contributed by atoms with Gasteiger partial charge in [-0.2, -0.15) is 26.3 Å². The molecule has 0 aliphatic carbocycles. The monoisotopic (exact) mass is 515 g/mol. The first-order chi connectivity index (χ1) is 16.8. The van der Waals surface area contributed by atoms with Gasteiger partial charge in [0.25, 0.3) is 0 Å². The Labute approximate surface area is 204 Å². The van der Waals surface area contributed by atoms with Gasteiger partial charge in [0.05, 0.1) is 23.3 Å². The Bertz CT molecular complexity index is 1070. The summed E-state index contributed by atoms with van der Waals surface area (Å²) in [5, 5.41) is 11.0. The van der Waals surface area contributed by atoms with Gasteiger partial charge >= 0.3 is 12.4 Å². The third-order valence-corrected chi connectivity index (χ3v) is 6.94. The highest BCUT2D eigenvalue weighted by atomic mass is 19.4. The number of halogens is 6. The van der Waals surface area contributed by atoms with Gasteiger partial charge in [-0.1, -0.05) is 18.2 Å². The molecule has 2 heterocycles. The van der Waals surface area contributed by atoms with Crippen LogP contribution in [0.15, 0.2) is 48.5 Å². The highest BCUT2D eigenvalue weighted by Crippen LogP contribution is 2.37. The second kappa shape index (κ2) is 9.93. The number of hydrogen-bond acceptors (Lipinski definition) is 4. The van der Waals surface area contributed by atoms with Gasteiger partial charge in [-0.25, -0.2) is 0 Å². The number of alkyl halides is 6. The van der Waals surface area contributed by atoms with Crippen molar-refractivity contribution in [2.45, 2.75) is 30.8 Å². The van der Waals surface area contributed by atoms with E-state index in [0.29, 0.717) is 31.9 Å². The lowest BCUT2D eigenvalue weighted by atomic mass is 9.83. The summed E-state index contributed by atoms with van der Waals surface area (Å²) < 4.78 is 78.1. The molecular formula is C25H27F6N3O2. The number of benzene rings is 2. The summed E-state index contributed by atoms with van der Waals surface area (Å²) in [7, 11) is 0. The molecule has 1 amide bonds. The standard InChI is InChI=1S/C25H27F6N3O2/c26-24(27,28)19-4-1-3-18(15-19)23(36)7-9-34(10-8-23)22(35)17-32-11-13-33(14-12-32)21-6-2-5-20(16-21)25(29,30)31/h1-6,15-16,36H,7-14,17H2. The molecule has 0 aromatic heterocycles. The van der Waals surface area contributed by atoms with Gasteiger partial charge < -0.3 is 14.9 Å². The molecule has 196 valence electrons. The molecule has 2 aromatic rings. The Kier molecular flexibility index (Phi) is 7.25. The second-order valence-corrected chi connectivity index (χ2v) is 9.30. The first kappa shape index (κ1) is 26.3. The maximum Gasteiger partial charge on any atom is 0.416 e. The molecule has 2 aliphatic heterocycles. The van der Waals surface area contributed by atoms with E-state index in [4.69, 9.17) is 0 Å². The van der Waals surface area contributed by atoms with E-state index in [1.165, 1.54) is 18.2 Å². The lowest BCUT2D eigenvalue weighted by molar-refractivity contribution is -0.139. The molecule has 11 heteroatoms. The van der Waals surface area contributed by atoms with Crippen LogP contribution in [0.4, 0.5) is 32.0 Å². The smallest absolute Gasteiger partial charge is 0.385 e. The molecule has 0 atom stereocenters. The van der Waals surface area contributed by atoms with Crippen molar-refractivity contribution < 1.29 is 36.2 Å². The topological polar surface area (TPSA) is 47.0 Å². The Morgan fingerprint density at radius 2 is 1.36 bits per heavy atom. The average molecular weight is 515 g/mol. The maximum atomic E-state index is 13.0. The zero-order chi connectivity index (χ0) is 26.1. The number of carbonyl (C=O) groups excluding carboxylic acids is 1. The van der Waals surface area contributed by atoms with Gasteiger partial charge in [0, 0.05) is 45.0 Å². The lowest BCUT2D eigenvalue weighted by Crippen LogP contribution is -2.52. The normalized spacial score (nSPS) is 19.4. The van der Waals surface area contributed by atoms with E-state index < -0.39 is 29.1 Å². The molecule has 0 unspecified atom stereocenters. The van der Waals surface area contributed by atoms with Crippen molar-refractivity contribution in [2.75, 3.05) is 50.7 Å². The van der Waals surface area contributed by atoms with Gasteiger partial charge in [0.2, 0.25) is 5.91 Å². The van der Waals surface area contributed by atoms with Crippen LogP contribution >= 0.6 is 0 Å². The van der Waals surface area contributed by atoms with Crippen LogP contribution in [0.1, 0.15) is 29.5 Å². The highest BCUT2D eigenvalue weighted by Gasteiger charge is 2.38. The fourth-order valence-corrected chi connectivity index (χ4v) is 4.73. The Morgan fingerprint density at radius 3 is 1.94 bits per heavy atom. The van der Waals surface area contributed by atoms with Crippen molar-refractivity contribution in [3.05, 3.63) is 65.2 Å². The quantitative estimate of drug-likeness (QED) is 0.615. The lowest BCUT2D eigenvalue weighted by Gasteiger charge is -2.40. The van der Waals surface area contributed by atoms with Crippen molar-refractivity contribution in [3.63, 3.8) is 0 Å². The first-order valence-corrected chi connectivity index (χ1v) is 11.7. The number of hydrogen-bond donors (Lipinski definition) is 1. The molecular weight excluding hydrogens is 488 g/mol. The summed E-state index contributed by atoms with van der Waals surface area (Å²) in [4.78, 5) is 18.2. The summed E-state index contributed by atoms with van der Waals surface area (Å²) in [6.07, 6.45) is -8.66. The van der Waals surface area contributed by atoms with E-state index in [1.54, 1.807) is 11.0 Å². The van der Waals surface area contributed by atoms with Gasteiger partial charge in [0.1, 0.15) is 0 Å². The van der Waals surface area contributed by atoms with Crippen molar-refractivity contribution in [2.24, 2.45) is 0 Å². The van der Waals surface area contributed by atoms with E-state index in [1.807, 2.05) is 9.80 Å². The van der Waals surface area contributed by atoms with Crippen LogP contribution in [0.5, 0.6) is 0 Å². The highest BCUT2D eigenvalue weighted by molar-refractivity contribution is 5.78. The largest absolute Gasteiger partial charge is 0.416 e. The molecule has 2 aliphatic rings. The summed E-state index contributed by atoms with van der Waals surface area (Å²) in [5.41, 5.74) is -2.28. The van der Waals surface area contributed by atoms with Gasteiger partial charge in [-0.15, -0.1) is 0 Å².